The van der Waals surface area contributed by atoms with Gasteiger partial charge in [-0.15, -0.1) is 0 Å². The molecule has 0 heteroatoms. The molecule has 0 N–H and O–H groups in total. The molecule has 0 nitrogen and oxygen atoms in total. The van der Waals surface area contributed by atoms with E-state index >= 15 is 0 Å². The third-order valence-electron chi connectivity index (χ3n) is 1.98. The lowest BCUT2D eigenvalue weighted by atomic mass is 10.2. The van der Waals surface area contributed by atoms with E-state index in [-0.39, 0.29) is 0 Å². The highest BCUT2D eigenvalue weighted by Crippen LogP contribution is 2.22. The highest BCUT2D eigenvalue weighted by molar-refractivity contribution is 4.68. The molecule has 0 amide bonds. The van der Waals surface area contributed by atoms with Gasteiger partial charge in [0.2, 0.25) is 0 Å². The van der Waals surface area contributed by atoms with E-state index in [0.717, 1.165) is 5.92 Å². The van der Waals surface area contributed by atoms with Crippen molar-refractivity contribution in [3.63, 3.8) is 0 Å². The summed E-state index contributed by atoms with van der Waals surface area (Å²) < 4.78 is 0. The van der Waals surface area contributed by atoms with Crippen molar-refractivity contribution in [2.75, 3.05) is 0 Å². The van der Waals surface area contributed by atoms with Gasteiger partial charge in [-0.2, -0.15) is 0 Å². The van der Waals surface area contributed by atoms with Crippen molar-refractivity contribution in [1.82, 2.24) is 0 Å². The van der Waals surface area contributed by atoms with Crippen molar-refractivity contribution in [1.29, 1.82) is 0 Å². The van der Waals surface area contributed by atoms with Crippen molar-refractivity contribution in [3.05, 3.63) is 12.2 Å². The first-order valence-corrected chi connectivity index (χ1v) is 6.38. The number of hydrogen-bond donors (Lipinski definition) is 0. The Morgan fingerprint density at radius 1 is 0.786 bits per heavy atom. The van der Waals surface area contributed by atoms with Crippen LogP contribution in [0.2, 0.25) is 0 Å². The van der Waals surface area contributed by atoms with Crippen LogP contribution in [0.15, 0.2) is 12.2 Å². The summed E-state index contributed by atoms with van der Waals surface area (Å²) in [5, 5.41) is 0. The Bertz CT molecular complexity index is 72.0. The summed E-state index contributed by atoms with van der Waals surface area (Å²) in [5.41, 5.74) is 0. The fourth-order valence-corrected chi connectivity index (χ4v) is 1.13. The van der Waals surface area contributed by atoms with Gasteiger partial charge in [-0.05, 0) is 19.8 Å². The lowest BCUT2D eigenvalue weighted by Gasteiger charge is -1.91. The van der Waals surface area contributed by atoms with Crippen LogP contribution in [0.1, 0.15) is 74.1 Å². The van der Waals surface area contributed by atoms with Gasteiger partial charge in [-0.25, -0.2) is 0 Å². The van der Waals surface area contributed by atoms with Crippen LogP contribution in [-0.4, -0.2) is 0 Å². The van der Waals surface area contributed by atoms with Gasteiger partial charge in [0.15, 0.2) is 0 Å². The first-order valence-electron chi connectivity index (χ1n) is 6.38. The molecule has 1 fully saturated rings. The van der Waals surface area contributed by atoms with Crippen molar-refractivity contribution in [3.8, 4) is 0 Å². The smallest absolute Gasteiger partial charge is 0.0443 e. The fraction of sp³-hybridized carbons (Fsp3) is 0.857. The first-order chi connectivity index (χ1) is 6.81. The summed E-state index contributed by atoms with van der Waals surface area (Å²) in [6, 6.07) is 0. The molecule has 1 aliphatic carbocycles. The lowest BCUT2D eigenvalue weighted by Crippen LogP contribution is -1.78. The predicted octanol–water partition coefficient (Wildman–Crippen LogP) is 5.83. The van der Waals surface area contributed by atoms with Gasteiger partial charge in [-0.3, -0.25) is 0 Å². The first kappa shape index (κ1) is 19.3. The molecule has 0 bridgehead atoms. The Morgan fingerprint density at radius 2 is 1.07 bits per heavy atom. The zero-order valence-electron chi connectivity index (χ0n) is 11.6. The Labute approximate surface area is 92.8 Å². The minimum absolute atomic E-state index is 1.05. The second kappa shape index (κ2) is 23.0. The molecule has 88 valence electrons. The Hall–Kier alpha value is -0.260. The fourth-order valence-electron chi connectivity index (χ4n) is 1.13. The van der Waals surface area contributed by atoms with E-state index < -0.39 is 0 Å². The average Bonchev–Trinajstić information content (AvgIpc) is 2.75. The average molecular weight is 200 g/mol. The predicted molar refractivity (Wildman–Crippen MR) is 70.8 cm³/mol. The van der Waals surface area contributed by atoms with Crippen LogP contribution in [0.25, 0.3) is 0 Å². The molecule has 1 saturated carbocycles. The van der Waals surface area contributed by atoms with Gasteiger partial charge < -0.3 is 0 Å². The van der Waals surface area contributed by atoms with Crippen molar-refractivity contribution in [2.24, 2.45) is 5.92 Å². The molecule has 0 aromatic rings. The highest BCUT2D eigenvalue weighted by Gasteiger charge is 2.07. The molecule has 0 aromatic carbocycles. The maximum Gasteiger partial charge on any atom is -0.0443 e. The van der Waals surface area contributed by atoms with E-state index in [1.165, 1.54) is 25.7 Å². The summed E-state index contributed by atoms with van der Waals surface area (Å²) in [4.78, 5) is 0. The molecule has 1 rings (SSSR count). The molecule has 0 aromatic heterocycles. The van der Waals surface area contributed by atoms with Gasteiger partial charge in [-0.1, -0.05) is 72.5 Å². The Kier molecular flexibility index (Phi) is 31.7. The van der Waals surface area contributed by atoms with E-state index in [9.17, 15) is 0 Å². The Morgan fingerprint density at radius 3 is 1.14 bits per heavy atom. The topological polar surface area (TPSA) is 0 Å². The van der Waals surface area contributed by atoms with E-state index in [1.807, 2.05) is 53.7 Å². The molecule has 0 unspecified atom stereocenters. The second-order valence-electron chi connectivity index (χ2n) is 3.06. The second-order valence-corrected chi connectivity index (χ2v) is 3.06. The van der Waals surface area contributed by atoms with E-state index in [1.54, 1.807) is 0 Å². The number of rotatable bonds is 0. The van der Waals surface area contributed by atoms with Gasteiger partial charge >= 0.3 is 0 Å². The van der Waals surface area contributed by atoms with Crippen molar-refractivity contribution < 1.29 is 0 Å². The molecule has 0 saturated heterocycles. The summed E-state index contributed by atoms with van der Waals surface area (Å²) in [5.74, 6) is 1.05. The molecule has 14 heavy (non-hydrogen) atoms. The van der Waals surface area contributed by atoms with Crippen LogP contribution >= 0.6 is 0 Å². The summed E-state index contributed by atoms with van der Waals surface area (Å²) in [6.45, 7) is 14.3. The van der Waals surface area contributed by atoms with E-state index in [2.05, 4.69) is 6.92 Å². The minimum atomic E-state index is 1.05. The largest absolute Gasteiger partial charge is 0.0919 e. The van der Waals surface area contributed by atoms with Crippen LogP contribution in [0.5, 0.6) is 0 Å². The van der Waals surface area contributed by atoms with Crippen LogP contribution in [0, 0.1) is 5.92 Å². The van der Waals surface area contributed by atoms with Crippen molar-refractivity contribution >= 4 is 0 Å². The van der Waals surface area contributed by atoms with Gasteiger partial charge in [0.05, 0.1) is 0 Å². The molecule has 0 radical (unpaired) electrons. The molecular formula is C14H32. The van der Waals surface area contributed by atoms with E-state index in [4.69, 9.17) is 0 Å². The quantitative estimate of drug-likeness (QED) is 0.431. The number of allylic oxidation sites excluding steroid dienone is 2. The molecule has 0 atom stereocenters. The standard InChI is InChI=1S/C6H12.C4H8.2C2H6/c1-6-4-2-3-5-6;1-3-4-2;2*1-2/h6H,2-5H2,1H3;3-4H,1-2H3;2*1-2H3/b;4-3-;;. The zero-order chi connectivity index (χ0) is 11.8. The Balaban J connectivity index is -0.000000134. The van der Waals surface area contributed by atoms with Crippen LogP contribution in [-0.2, 0) is 0 Å². The maximum absolute atomic E-state index is 2.34. The van der Waals surface area contributed by atoms with Crippen LogP contribution in [0.3, 0.4) is 0 Å². The molecule has 0 aliphatic heterocycles. The molecule has 0 spiro atoms. The number of hydrogen-bond acceptors (Lipinski definition) is 0. The van der Waals surface area contributed by atoms with Crippen LogP contribution in [0.4, 0.5) is 0 Å². The van der Waals surface area contributed by atoms with Gasteiger partial charge in [0.25, 0.3) is 0 Å². The van der Waals surface area contributed by atoms with E-state index in [0.29, 0.717) is 0 Å². The molecular weight excluding hydrogens is 168 g/mol. The zero-order valence-corrected chi connectivity index (χ0v) is 11.6. The SMILES string of the molecule is C/C=C\C.CC.CC.CC1CCCC1. The van der Waals surface area contributed by atoms with Gasteiger partial charge in [0.1, 0.15) is 0 Å². The summed E-state index contributed by atoms with van der Waals surface area (Å²) >= 11 is 0. The van der Waals surface area contributed by atoms with Gasteiger partial charge in [0, 0.05) is 0 Å². The highest BCUT2D eigenvalue weighted by atomic mass is 14.1. The summed E-state index contributed by atoms with van der Waals surface area (Å²) in [7, 11) is 0. The summed E-state index contributed by atoms with van der Waals surface area (Å²) in [6.07, 6.45) is 9.95. The van der Waals surface area contributed by atoms with Crippen molar-refractivity contribution in [2.45, 2.75) is 74.1 Å². The van der Waals surface area contributed by atoms with Crippen LogP contribution < -0.4 is 0 Å². The lowest BCUT2D eigenvalue weighted by molar-refractivity contribution is 0.612. The minimum Gasteiger partial charge on any atom is -0.0919 e. The monoisotopic (exact) mass is 200 g/mol. The third kappa shape index (κ3) is 22.6. The maximum atomic E-state index is 2.34. The molecule has 1 aliphatic rings. The molecule has 0 heterocycles. The normalized spacial score (nSPS) is 14.5. The third-order valence-corrected chi connectivity index (χ3v) is 1.98.